The van der Waals surface area contributed by atoms with Crippen LogP contribution in [-0.4, -0.2) is 31.1 Å². The van der Waals surface area contributed by atoms with Crippen LogP contribution in [0.5, 0.6) is 5.75 Å². The van der Waals surface area contributed by atoms with Crippen LogP contribution in [0.3, 0.4) is 0 Å². The van der Waals surface area contributed by atoms with E-state index < -0.39 is 0 Å². The van der Waals surface area contributed by atoms with Crippen molar-refractivity contribution >= 4 is 0 Å². The second-order valence-electron chi connectivity index (χ2n) is 6.44. The van der Waals surface area contributed by atoms with Gasteiger partial charge in [-0.25, -0.2) is 0 Å². The molecule has 1 atom stereocenters. The minimum atomic E-state index is 0.498. The fraction of sp³-hybridized carbons (Fsp3) is 0.429. The Balaban J connectivity index is 1.69. The molecule has 3 heteroatoms. The highest BCUT2D eigenvalue weighted by atomic mass is 16.5. The van der Waals surface area contributed by atoms with Gasteiger partial charge < -0.3 is 10.1 Å². The highest BCUT2D eigenvalue weighted by Gasteiger charge is 2.21. The molecule has 3 nitrogen and oxygen atoms in total. The Morgan fingerprint density at radius 2 is 1.83 bits per heavy atom. The first-order valence-corrected chi connectivity index (χ1v) is 9.08. The number of ether oxygens (including phenoxy) is 1. The predicted octanol–water partition coefficient (Wildman–Crippen LogP) is 4.01. The summed E-state index contributed by atoms with van der Waals surface area (Å²) in [4.78, 5) is 2.61. The number of benzene rings is 2. The van der Waals surface area contributed by atoms with E-state index in [1.807, 2.05) is 6.07 Å². The Morgan fingerprint density at radius 1 is 1.04 bits per heavy atom. The van der Waals surface area contributed by atoms with E-state index in [1.54, 1.807) is 0 Å². The smallest absolute Gasteiger partial charge is 0.120 e. The van der Waals surface area contributed by atoms with E-state index >= 15 is 0 Å². The van der Waals surface area contributed by atoms with Gasteiger partial charge in [-0.3, -0.25) is 4.90 Å². The molecule has 0 aromatic heterocycles. The van der Waals surface area contributed by atoms with Gasteiger partial charge in [-0.2, -0.15) is 0 Å². The van der Waals surface area contributed by atoms with Crippen LogP contribution in [-0.2, 0) is 6.61 Å². The lowest BCUT2D eigenvalue weighted by Gasteiger charge is -2.35. The Bertz CT molecular complexity index is 608. The van der Waals surface area contributed by atoms with Crippen molar-refractivity contribution in [3.05, 3.63) is 65.7 Å². The number of piperazine rings is 1. The summed E-state index contributed by atoms with van der Waals surface area (Å²) in [6.45, 7) is 7.32. The molecule has 0 aliphatic carbocycles. The van der Waals surface area contributed by atoms with Crippen LogP contribution >= 0.6 is 0 Å². The van der Waals surface area contributed by atoms with Crippen LogP contribution in [0.2, 0.25) is 0 Å². The first-order chi connectivity index (χ1) is 11.9. The van der Waals surface area contributed by atoms with Crippen LogP contribution in [0, 0.1) is 0 Å². The molecule has 0 saturated carbocycles. The summed E-state index contributed by atoms with van der Waals surface area (Å²) >= 11 is 0. The Kier molecular flexibility index (Phi) is 6.27. The molecule has 0 spiro atoms. The van der Waals surface area contributed by atoms with Crippen LogP contribution < -0.4 is 10.1 Å². The van der Waals surface area contributed by atoms with E-state index in [4.69, 9.17) is 4.74 Å². The van der Waals surface area contributed by atoms with Gasteiger partial charge in [0, 0.05) is 32.2 Å². The van der Waals surface area contributed by atoms with Gasteiger partial charge in [0.05, 0.1) is 0 Å². The molecule has 1 saturated heterocycles. The van der Waals surface area contributed by atoms with Crippen molar-refractivity contribution in [3.63, 3.8) is 0 Å². The molecular formula is C21H28N2O. The summed E-state index contributed by atoms with van der Waals surface area (Å²) in [5, 5.41) is 3.45. The average molecular weight is 324 g/mol. The SMILES string of the molecule is CCC[C@@H](c1cccc(OCc2ccccc2)c1)N1CCNCC1. The molecule has 0 unspecified atom stereocenters. The fourth-order valence-corrected chi connectivity index (χ4v) is 3.38. The van der Waals surface area contributed by atoms with Crippen LogP contribution in [0.25, 0.3) is 0 Å². The molecular weight excluding hydrogens is 296 g/mol. The summed E-state index contributed by atoms with van der Waals surface area (Å²) in [6.07, 6.45) is 2.39. The number of nitrogens with one attached hydrogen (secondary N) is 1. The van der Waals surface area contributed by atoms with E-state index in [0.29, 0.717) is 12.6 Å². The maximum atomic E-state index is 6.02. The van der Waals surface area contributed by atoms with Gasteiger partial charge in [0.25, 0.3) is 0 Å². The zero-order valence-electron chi connectivity index (χ0n) is 14.6. The third kappa shape index (κ3) is 4.59. The quantitative estimate of drug-likeness (QED) is 0.833. The lowest BCUT2D eigenvalue weighted by Crippen LogP contribution is -2.45. The van der Waals surface area contributed by atoms with E-state index in [9.17, 15) is 0 Å². The molecule has 1 N–H and O–H groups in total. The fourth-order valence-electron chi connectivity index (χ4n) is 3.38. The van der Waals surface area contributed by atoms with Crippen molar-refractivity contribution < 1.29 is 4.74 Å². The number of hydrogen-bond donors (Lipinski definition) is 1. The van der Waals surface area contributed by atoms with Gasteiger partial charge in [0.1, 0.15) is 12.4 Å². The number of hydrogen-bond acceptors (Lipinski definition) is 3. The standard InChI is InChI=1S/C21H28N2O/c1-2-7-21(23-14-12-22-13-15-23)19-10-6-11-20(16-19)24-17-18-8-4-3-5-9-18/h3-6,8-11,16,21-22H,2,7,12-15,17H2,1H3/t21-/m0/s1. The minimum absolute atomic E-state index is 0.498. The first-order valence-electron chi connectivity index (χ1n) is 9.08. The maximum absolute atomic E-state index is 6.02. The monoisotopic (exact) mass is 324 g/mol. The van der Waals surface area contributed by atoms with Crippen molar-refractivity contribution in [2.24, 2.45) is 0 Å². The molecule has 0 amide bonds. The molecule has 1 aliphatic rings. The van der Waals surface area contributed by atoms with Crippen molar-refractivity contribution in [2.45, 2.75) is 32.4 Å². The largest absolute Gasteiger partial charge is 0.489 e. The summed E-state index contributed by atoms with van der Waals surface area (Å²) in [5.41, 5.74) is 2.58. The van der Waals surface area contributed by atoms with Crippen LogP contribution in [0.15, 0.2) is 54.6 Å². The second-order valence-corrected chi connectivity index (χ2v) is 6.44. The van der Waals surface area contributed by atoms with Crippen molar-refractivity contribution in [3.8, 4) is 5.75 Å². The Morgan fingerprint density at radius 3 is 2.58 bits per heavy atom. The van der Waals surface area contributed by atoms with Crippen LogP contribution in [0.1, 0.15) is 36.9 Å². The van der Waals surface area contributed by atoms with E-state index in [0.717, 1.165) is 31.9 Å². The molecule has 2 aromatic rings. The van der Waals surface area contributed by atoms with Crippen molar-refractivity contribution in [2.75, 3.05) is 26.2 Å². The third-order valence-corrected chi connectivity index (χ3v) is 4.65. The van der Waals surface area contributed by atoms with Gasteiger partial charge in [0.2, 0.25) is 0 Å². The van der Waals surface area contributed by atoms with E-state index in [-0.39, 0.29) is 0 Å². The normalized spacial score (nSPS) is 16.7. The summed E-state index contributed by atoms with van der Waals surface area (Å²) in [5.74, 6) is 0.965. The molecule has 24 heavy (non-hydrogen) atoms. The highest BCUT2D eigenvalue weighted by molar-refractivity contribution is 5.31. The molecule has 0 bridgehead atoms. The summed E-state index contributed by atoms with van der Waals surface area (Å²) in [7, 11) is 0. The molecule has 2 aromatic carbocycles. The first kappa shape index (κ1) is 17.0. The molecule has 1 fully saturated rings. The molecule has 0 radical (unpaired) electrons. The molecule has 1 aliphatic heterocycles. The van der Waals surface area contributed by atoms with Gasteiger partial charge in [-0.1, -0.05) is 55.8 Å². The Hall–Kier alpha value is -1.84. The molecule has 1 heterocycles. The van der Waals surface area contributed by atoms with Gasteiger partial charge in [-0.05, 0) is 29.7 Å². The number of rotatable bonds is 7. The lowest BCUT2D eigenvalue weighted by atomic mass is 9.99. The predicted molar refractivity (Wildman–Crippen MR) is 99.3 cm³/mol. The van der Waals surface area contributed by atoms with E-state index in [1.165, 1.54) is 24.0 Å². The zero-order chi connectivity index (χ0) is 16.6. The van der Waals surface area contributed by atoms with Gasteiger partial charge in [-0.15, -0.1) is 0 Å². The minimum Gasteiger partial charge on any atom is -0.489 e. The average Bonchev–Trinajstić information content (AvgIpc) is 2.66. The maximum Gasteiger partial charge on any atom is 0.120 e. The van der Waals surface area contributed by atoms with Crippen molar-refractivity contribution in [1.29, 1.82) is 0 Å². The summed E-state index contributed by atoms with van der Waals surface area (Å²) in [6, 6.07) is 19.5. The van der Waals surface area contributed by atoms with Crippen molar-refractivity contribution in [1.82, 2.24) is 10.2 Å². The highest BCUT2D eigenvalue weighted by Crippen LogP contribution is 2.28. The van der Waals surface area contributed by atoms with E-state index in [2.05, 4.69) is 65.7 Å². The lowest BCUT2D eigenvalue weighted by molar-refractivity contribution is 0.164. The van der Waals surface area contributed by atoms with Gasteiger partial charge >= 0.3 is 0 Å². The van der Waals surface area contributed by atoms with Crippen LogP contribution in [0.4, 0.5) is 0 Å². The Labute approximate surface area is 145 Å². The topological polar surface area (TPSA) is 24.5 Å². The summed E-state index contributed by atoms with van der Waals surface area (Å²) < 4.78 is 6.02. The van der Waals surface area contributed by atoms with Gasteiger partial charge in [0.15, 0.2) is 0 Å². The molecule has 128 valence electrons. The number of nitrogens with zero attached hydrogens (tertiary/aromatic N) is 1. The zero-order valence-corrected chi connectivity index (χ0v) is 14.6. The third-order valence-electron chi connectivity index (χ3n) is 4.65. The second kappa shape index (κ2) is 8.86. The molecule has 3 rings (SSSR count).